The summed E-state index contributed by atoms with van der Waals surface area (Å²) in [5, 5.41) is 6.05. The Balaban J connectivity index is 1.50. The van der Waals surface area contributed by atoms with Crippen LogP contribution in [-0.4, -0.2) is 45.0 Å². The Labute approximate surface area is 269 Å². The number of hydrogen-bond acceptors (Lipinski definition) is 5. The average molecular weight is 620 g/mol. The molecule has 0 aromatic heterocycles. The van der Waals surface area contributed by atoms with Gasteiger partial charge in [-0.1, -0.05) is 148 Å². The SMILES string of the molecule is CC(=O)/C=C/[C@H]1N[C@@H](CO[Si](c2ccccc2)(c2ccccc2)C(C)(C)C)[C@H](OCc2ccccc2)[C@@H]1OCc1ccccc1. The highest BCUT2D eigenvalue weighted by Crippen LogP contribution is 2.37. The van der Waals surface area contributed by atoms with Gasteiger partial charge in [0.15, 0.2) is 5.78 Å². The maximum Gasteiger partial charge on any atom is 0.261 e. The molecular weight excluding hydrogens is 575 g/mol. The van der Waals surface area contributed by atoms with Crippen LogP contribution >= 0.6 is 0 Å². The van der Waals surface area contributed by atoms with Gasteiger partial charge in [0, 0.05) is 0 Å². The largest absolute Gasteiger partial charge is 0.406 e. The van der Waals surface area contributed by atoms with Crippen LogP contribution in [0.4, 0.5) is 0 Å². The van der Waals surface area contributed by atoms with Crippen LogP contribution in [0.5, 0.6) is 0 Å². The van der Waals surface area contributed by atoms with Crippen LogP contribution in [0.3, 0.4) is 0 Å². The van der Waals surface area contributed by atoms with Crippen LogP contribution in [0.25, 0.3) is 0 Å². The van der Waals surface area contributed by atoms with Crippen LogP contribution in [0.2, 0.25) is 5.04 Å². The van der Waals surface area contributed by atoms with Gasteiger partial charge < -0.3 is 19.2 Å². The lowest BCUT2D eigenvalue weighted by Gasteiger charge is -2.43. The highest BCUT2D eigenvalue weighted by atomic mass is 28.4. The standard InChI is InChI=1S/C39H45NO4Si/c1-30(41)25-26-35-37(42-27-31-17-9-5-10-18-31)38(43-28-32-19-11-6-12-20-32)36(40-35)29-44-45(39(2,3)4,33-21-13-7-14-22-33)34-23-15-8-16-24-34/h5-26,35-38,40H,27-29H2,1-4H3/b26-25+/t35-,36+,37-,38+/m1/s1. The highest BCUT2D eigenvalue weighted by molar-refractivity contribution is 6.99. The lowest BCUT2D eigenvalue weighted by molar-refractivity contribution is -0.112. The molecule has 4 atom stereocenters. The van der Waals surface area contributed by atoms with E-state index in [2.05, 4.69) is 111 Å². The molecule has 0 saturated carbocycles. The molecule has 6 heteroatoms. The van der Waals surface area contributed by atoms with Gasteiger partial charge in [-0.15, -0.1) is 0 Å². The molecule has 1 saturated heterocycles. The van der Waals surface area contributed by atoms with Crippen molar-refractivity contribution in [2.24, 2.45) is 0 Å². The van der Waals surface area contributed by atoms with Crippen LogP contribution in [-0.2, 0) is 31.9 Å². The minimum Gasteiger partial charge on any atom is -0.406 e. The fourth-order valence-electron chi connectivity index (χ4n) is 6.34. The number of carbonyl (C=O) groups is 1. The van der Waals surface area contributed by atoms with Crippen molar-refractivity contribution in [3.8, 4) is 0 Å². The van der Waals surface area contributed by atoms with E-state index in [4.69, 9.17) is 13.9 Å². The molecule has 1 heterocycles. The van der Waals surface area contributed by atoms with Gasteiger partial charge in [-0.25, -0.2) is 0 Å². The highest BCUT2D eigenvalue weighted by Gasteiger charge is 2.52. The molecule has 0 radical (unpaired) electrons. The number of hydrogen-bond donors (Lipinski definition) is 1. The smallest absolute Gasteiger partial charge is 0.261 e. The first-order valence-corrected chi connectivity index (χ1v) is 17.7. The lowest BCUT2D eigenvalue weighted by atomic mass is 10.1. The number of allylic oxidation sites excluding steroid dienone is 1. The third-order valence-electron chi connectivity index (χ3n) is 8.49. The van der Waals surface area contributed by atoms with E-state index in [1.54, 1.807) is 13.0 Å². The molecule has 1 aliphatic rings. The average Bonchev–Trinajstić information content (AvgIpc) is 3.39. The molecule has 5 nitrogen and oxygen atoms in total. The van der Waals surface area contributed by atoms with Crippen molar-refractivity contribution in [3.05, 3.63) is 145 Å². The third kappa shape index (κ3) is 7.96. The Kier molecular flexibility index (Phi) is 11.0. The second-order valence-electron chi connectivity index (χ2n) is 12.8. The summed E-state index contributed by atoms with van der Waals surface area (Å²) >= 11 is 0. The Bertz CT molecular complexity index is 1470. The van der Waals surface area contributed by atoms with Crippen molar-refractivity contribution in [2.45, 2.75) is 70.2 Å². The second-order valence-corrected chi connectivity index (χ2v) is 17.1. The van der Waals surface area contributed by atoms with Crippen molar-refractivity contribution in [3.63, 3.8) is 0 Å². The minimum absolute atomic E-state index is 0.00706. The topological polar surface area (TPSA) is 56.8 Å². The van der Waals surface area contributed by atoms with Crippen molar-refractivity contribution in [1.29, 1.82) is 0 Å². The third-order valence-corrected chi connectivity index (χ3v) is 13.5. The Morgan fingerprint density at radius 1 is 0.711 bits per heavy atom. The van der Waals surface area contributed by atoms with Gasteiger partial charge in [0.1, 0.15) is 12.2 Å². The molecule has 4 aromatic carbocycles. The maximum absolute atomic E-state index is 12.0. The summed E-state index contributed by atoms with van der Waals surface area (Å²) < 4.78 is 20.7. The van der Waals surface area contributed by atoms with E-state index in [-0.39, 0.29) is 35.1 Å². The molecule has 234 valence electrons. The zero-order valence-electron chi connectivity index (χ0n) is 26.8. The molecule has 1 aliphatic heterocycles. The first-order chi connectivity index (χ1) is 21.8. The van der Waals surface area contributed by atoms with Crippen LogP contribution in [0.1, 0.15) is 38.8 Å². The van der Waals surface area contributed by atoms with Gasteiger partial charge >= 0.3 is 0 Å². The second kappa shape index (κ2) is 15.1. The normalized spacial score (nSPS) is 20.4. The van der Waals surface area contributed by atoms with Gasteiger partial charge in [0.25, 0.3) is 8.32 Å². The fraction of sp³-hybridized carbons (Fsp3) is 0.308. The molecule has 0 aliphatic carbocycles. The van der Waals surface area contributed by atoms with E-state index in [0.717, 1.165) is 11.1 Å². The fourth-order valence-corrected chi connectivity index (χ4v) is 10.9. The molecular formula is C39H45NO4Si. The van der Waals surface area contributed by atoms with E-state index >= 15 is 0 Å². The summed E-state index contributed by atoms with van der Waals surface area (Å²) in [6.45, 7) is 9.72. The molecule has 0 bridgehead atoms. The lowest BCUT2D eigenvalue weighted by Crippen LogP contribution is -2.67. The van der Waals surface area contributed by atoms with Gasteiger partial charge in [0.2, 0.25) is 0 Å². The van der Waals surface area contributed by atoms with E-state index in [1.165, 1.54) is 10.4 Å². The summed E-state index contributed by atoms with van der Waals surface area (Å²) in [6.07, 6.45) is 2.88. The number of nitrogens with one attached hydrogen (secondary N) is 1. The molecule has 45 heavy (non-hydrogen) atoms. The minimum atomic E-state index is -2.79. The van der Waals surface area contributed by atoms with Crippen LogP contribution < -0.4 is 15.7 Å². The van der Waals surface area contributed by atoms with Gasteiger partial charge in [-0.3, -0.25) is 4.79 Å². The molecule has 5 rings (SSSR count). The van der Waals surface area contributed by atoms with Crippen molar-refractivity contribution in [1.82, 2.24) is 5.32 Å². The summed E-state index contributed by atoms with van der Waals surface area (Å²) in [4.78, 5) is 12.0. The van der Waals surface area contributed by atoms with Crippen molar-refractivity contribution >= 4 is 24.5 Å². The zero-order valence-corrected chi connectivity index (χ0v) is 27.8. The predicted molar refractivity (Wildman–Crippen MR) is 184 cm³/mol. The first kappa shape index (κ1) is 32.7. The van der Waals surface area contributed by atoms with E-state index in [0.29, 0.717) is 19.8 Å². The van der Waals surface area contributed by atoms with E-state index in [1.807, 2.05) is 42.5 Å². The Morgan fingerprint density at radius 2 is 1.16 bits per heavy atom. The van der Waals surface area contributed by atoms with Crippen LogP contribution in [0.15, 0.2) is 133 Å². The molecule has 0 unspecified atom stereocenters. The Morgan fingerprint density at radius 3 is 1.60 bits per heavy atom. The number of benzene rings is 4. The molecule has 1 N–H and O–H groups in total. The number of carbonyl (C=O) groups excluding carboxylic acids is 1. The monoisotopic (exact) mass is 619 g/mol. The quantitative estimate of drug-likeness (QED) is 0.142. The summed E-state index contributed by atoms with van der Waals surface area (Å²) in [5.41, 5.74) is 2.18. The number of ether oxygens (including phenoxy) is 2. The van der Waals surface area contributed by atoms with Gasteiger partial charge in [0.05, 0.1) is 31.9 Å². The summed E-state index contributed by atoms with van der Waals surface area (Å²) in [6, 6.07) is 41.3. The first-order valence-electron chi connectivity index (χ1n) is 15.8. The molecule has 4 aromatic rings. The van der Waals surface area contributed by atoms with Gasteiger partial charge in [-0.2, -0.15) is 0 Å². The molecule has 0 amide bonds. The van der Waals surface area contributed by atoms with Crippen molar-refractivity contribution in [2.75, 3.05) is 6.61 Å². The summed E-state index contributed by atoms with van der Waals surface area (Å²) in [5.74, 6) is -0.00706. The van der Waals surface area contributed by atoms with Crippen LogP contribution in [0, 0.1) is 0 Å². The Hall–Kier alpha value is -3.65. The zero-order chi connectivity index (χ0) is 31.7. The molecule has 1 fully saturated rings. The van der Waals surface area contributed by atoms with E-state index in [9.17, 15) is 4.79 Å². The maximum atomic E-state index is 12.0. The number of rotatable bonds is 13. The van der Waals surface area contributed by atoms with E-state index < -0.39 is 8.32 Å². The molecule has 0 spiro atoms. The predicted octanol–water partition coefficient (Wildman–Crippen LogP) is 6.22. The van der Waals surface area contributed by atoms with Crippen molar-refractivity contribution < 1.29 is 18.7 Å². The van der Waals surface area contributed by atoms with Gasteiger partial charge in [-0.05, 0) is 39.5 Å². The number of ketones is 1. The summed E-state index contributed by atoms with van der Waals surface area (Å²) in [7, 11) is -2.79.